The van der Waals surface area contributed by atoms with E-state index in [1.165, 1.54) is 0 Å². The van der Waals surface area contributed by atoms with E-state index in [-0.39, 0.29) is 30.3 Å². The van der Waals surface area contributed by atoms with Crippen molar-refractivity contribution >= 4 is 18.3 Å². The lowest BCUT2D eigenvalue weighted by Gasteiger charge is -2.42. The molecule has 1 unspecified atom stereocenters. The summed E-state index contributed by atoms with van der Waals surface area (Å²) in [7, 11) is 0. The lowest BCUT2D eigenvalue weighted by Crippen LogP contribution is -2.56. The second kappa shape index (κ2) is 7.46. The van der Waals surface area contributed by atoms with Gasteiger partial charge in [0, 0.05) is 19.7 Å². The van der Waals surface area contributed by atoms with Gasteiger partial charge in [0.05, 0.1) is 5.54 Å². The zero-order valence-corrected chi connectivity index (χ0v) is 13.3. The zero-order chi connectivity index (χ0) is 13.8. The van der Waals surface area contributed by atoms with Crippen molar-refractivity contribution in [3.05, 3.63) is 0 Å². The third-order valence-electron chi connectivity index (χ3n) is 4.45. The number of nitrogens with two attached hydrogens (primary N) is 1. The van der Waals surface area contributed by atoms with Crippen LogP contribution >= 0.6 is 12.4 Å². The van der Waals surface area contributed by atoms with E-state index in [4.69, 9.17) is 5.73 Å². The highest BCUT2D eigenvalue weighted by Gasteiger charge is 2.38. The quantitative estimate of drug-likeness (QED) is 0.814. The lowest BCUT2D eigenvalue weighted by atomic mass is 9.76. The van der Waals surface area contributed by atoms with Crippen LogP contribution in [0.3, 0.4) is 0 Å². The third-order valence-corrected chi connectivity index (χ3v) is 4.45. The molecule has 0 bridgehead atoms. The molecule has 0 radical (unpaired) electrons. The van der Waals surface area contributed by atoms with E-state index >= 15 is 0 Å². The smallest absolute Gasteiger partial charge is 0.242 e. The fraction of sp³-hybridized carbons (Fsp3) is 0.929. The summed E-state index contributed by atoms with van der Waals surface area (Å²) >= 11 is 0. The van der Waals surface area contributed by atoms with Crippen molar-refractivity contribution in [3.63, 3.8) is 0 Å². The maximum atomic E-state index is 12.3. The molecular weight excluding hydrogens is 264 g/mol. The largest absolute Gasteiger partial charge is 0.396 e. The Labute approximate surface area is 123 Å². The molecule has 19 heavy (non-hydrogen) atoms. The Bertz CT molecular complexity index is 281. The molecule has 1 aliphatic heterocycles. The van der Waals surface area contributed by atoms with E-state index in [2.05, 4.69) is 6.92 Å². The fourth-order valence-electron chi connectivity index (χ4n) is 2.80. The molecule has 1 aliphatic rings. The van der Waals surface area contributed by atoms with E-state index in [0.29, 0.717) is 0 Å². The molecule has 1 amide bonds. The Morgan fingerprint density at radius 3 is 2.26 bits per heavy atom. The SMILES string of the molecule is CCCC(C)(N)C(=O)N1CCC(CC)(CO)CC1.Cl. The van der Waals surface area contributed by atoms with Crippen LogP contribution in [-0.4, -0.2) is 41.1 Å². The molecule has 0 aromatic rings. The summed E-state index contributed by atoms with van der Waals surface area (Å²) in [5.74, 6) is 0.0620. The number of aliphatic hydroxyl groups excluding tert-OH is 1. The first kappa shape index (κ1) is 18.7. The van der Waals surface area contributed by atoms with Crippen LogP contribution in [0.15, 0.2) is 0 Å². The normalized spacial score (nSPS) is 21.4. The number of carbonyl (C=O) groups is 1. The first-order chi connectivity index (χ1) is 8.40. The first-order valence-corrected chi connectivity index (χ1v) is 7.10. The molecule has 3 N–H and O–H groups in total. The molecule has 1 heterocycles. The maximum Gasteiger partial charge on any atom is 0.242 e. The minimum Gasteiger partial charge on any atom is -0.396 e. The Morgan fingerprint density at radius 1 is 1.37 bits per heavy atom. The monoisotopic (exact) mass is 292 g/mol. The van der Waals surface area contributed by atoms with Crippen LogP contribution in [0.4, 0.5) is 0 Å². The van der Waals surface area contributed by atoms with Crippen LogP contribution in [0.2, 0.25) is 0 Å². The molecule has 0 saturated carbocycles. The Balaban J connectivity index is 0.00000324. The van der Waals surface area contributed by atoms with Crippen molar-refractivity contribution in [2.75, 3.05) is 19.7 Å². The first-order valence-electron chi connectivity index (χ1n) is 7.10. The van der Waals surface area contributed by atoms with Crippen LogP contribution < -0.4 is 5.73 Å². The minimum atomic E-state index is -0.736. The number of hydrogen-bond acceptors (Lipinski definition) is 3. The molecule has 5 heteroatoms. The molecule has 0 aliphatic carbocycles. The van der Waals surface area contributed by atoms with Gasteiger partial charge < -0.3 is 15.7 Å². The minimum absolute atomic E-state index is 0. The predicted octanol–water partition coefficient (Wildman–Crippen LogP) is 1.94. The number of nitrogens with zero attached hydrogens (tertiary/aromatic N) is 1. The molecule has 4 nitrogen and oxygen atoms in total. The van der Waals surface area contributed by atoms with E-state index < -0.39 is 5.54 Å². The van der Waals surface area contributed by atoms with Crippen LogP contribution in [0.5, 0.6) is 0 Å². The van der Waals surface area contributed by atoms with Gasteiger partial charge >= 0.3 is 0 Å². The average molecular weight is 293 g/mol. The second-order valence-electron chi connectivity index (χ2n) is 5.97. The summed E-state index contributed by atoms with van der Waals surface area (Å²) in [6.07, 6.45) is 4.38. The Kier molecular flexibility index (Phi) is 7.33. The van der Waals surface area contributed by atoms with Gasteiger partial charge in [-0.15, -0.1) is 12.4 Å². The summed E-state index contributed by atoms with van der Waals surface area (Å²) in [5, 5.41) is 9.48. The number of halogens is 1. The average Bonchev–Trinajstić information content (AvgIpc) is 2.38. The molecule has 1 atom stereocenters. The lowest BCUT2D eigenvalue weighted by molar-refractivity contribution is -0.139. The van der Waals surface area contributed by atoms with Gasteiger partial charge in [0.2, 0.25) is 5.91 Å². The van der Waals surface area contributed by atoms with Gasteiger partial charge in [0.15, 0.2) is 0 Å². The van der Waals surface area contributed by atoms with Crippen molar-refractivity contribution in [1.29, 1.82) is 0 Å². The van der Waals surface area contributed by atoms with Gasteiger partial charge in [-0.1, -0.05) is 20.3 Å². The number of piperidine rings is 1. The van der Waals surface area contributed by atoms with E-state index in [1.807, 2.05) is 18.7 Å². The number of hydrogen-bond donors (Lipinski definition) is 2. The molecular formula is C14H29ClN2O2. The highest BCUT2D eigenvalue weighted by atomic mass is 35.5. The summed E-state index contributed by atoms with van der Waals surface area (Å²) in [6.45, 7) is 7.65. The van der Waals surface area contributed by atoms with Crippen molar-refractivity contribution in [2.45, 2.75) is 58.4 Å². The predicted molar refractivity (Wildman–Crippen MR) is 80.4 cm³/mol. The van der Waals surface area contributed by atoms with Crippen LogP contribution in [0.1, 0.15) is 52.9 Å². The van der Waals surface area contributed by atoms with Crippen LogP contribution in [0.25, 0.3) is 0 Å². The van der Waals surface area contributed by atoms with Crippen LogP contribution in [0, 0.1) is 5.41 Å². The Hall–Kier alpha value is -0.320. The number of rotatable bonds is 5. The molecule has 1 rings (SSSR count). The van der Waals surface area contributed by atoms with Gasteiger partial charge in [-0.25, -0.2) is 0 Å². The summed E-state index contributed by atoms with van der Waals surface area (Å²) in [6, 6.07) is 0. The number of amides is 1. The summed E-state index contributed by atoms with van der Waals surface area (Å²) < 4.78 is 0. The molecule has 114 valence electrons. The van der Waals surface area contributed by atoms with Crippen molar-refractivity contribution in [2.24, 2.45) is 11.1 Å². The van der Waals surface area contributed by atoms with E-state index in [1.54, 1.807) is 0 Å². The van der Waals surface area contributed by atoms with Gasteiger partial charge in [-0.2, -0.15) is 0 Å². The third kappa shape index (κ3) is 4.33. The zero-order valence-electron chi connectivity index (χ0n) is 12.4. The molecule has 1 fully saturated rings. The fourth-order valence-corrected chi connectivity index (χ4v) is 2.80. The molecule has 0 spiro atoms. The van der Waals surface area contributed by atoms with Gasteiger partial charge in [-0.05, 0) is 38.0 Å². The van der Waals surface area contributed by atoms with Gasteiger partial charge in [0.1, 0.15) is 0 Å². The van der Waals surface area contributed by atoms with Crippen molar-refractivity contribution in [3.8, 4) is 0 Å². The standard InChI is InChI=1S/C14H28N2O2.ClH/c1-4-6-13(3,15)12(18)16-9-7-14(5-2,11-17)8-10-16;/h17H,4-11,15H2,1-3H3;1H. The highest BCUT2D eigenvalue weighted by Crippen LogP contribution is 2.34. The van der Waals surface area contributed by atoms with Crippen molar-refractivity contribution < 1.29 is 9.90 Å². The van der Waals surface area contributed by atoms with E-state index in [9.17, 15) is 9.90 Å². The number of carbonyl (C=O) groups excluding carboxylic acids is 1. The van der Waals surface area contributed by atoms with Crippen molar-refractivity contribution in [1.82, 2.24) is 4.90 Å². The Morgan fingerprint density at radius 2 is 1.89 bits per heavy atom. The maximum absolute atomic E-state index is 12.3. The van der Waals surface area contributed by atoms with E-state index in [0.717, 1.165) is 45.2 Å². The second-order valence-corrected chi connectivity index (χ2v) is 5.97. The van der Waals surface area contributed by atoms with Crippen LogP contribution in [-0.2, 0) is 4.79 Å². The summed E-state index contributed by atoms with van der Waals surface area (Å²) in [5.41, 5.74) is 5.38. The van der Waals surface area contributed by atoms with Gasteiger partial charge in [0.25, 0.3) is 0 Å². The summed E-state index contributed by atoms with van der Waals surface area (Å²) in [4.78, 5) is 14.2. The molecule has 0 aromatic heterocycles. The topological polar surface area (TPSA) is 66.6 Å². The molecule has 1 saturated heterocycles. The number of aliphatic hydroxyl groups is 1. The highest BCUT2D eigenvalue weighted by molar-refractivity contribution is 5.86. The molecule has 0 aromatic carbocycles. The number of likely N-dealkylation sites (tertiary alicyclic amines) is 1. The van der Waals surface area contributed by atoms with Gasteiger partial charge in [-0.3, -0.25) is 4.79 Å².